The van der Waals surface area contributed by atoms with Crippen LogP contribution in [-0.2, 0) is 12.5 Å². The quantitative estimate of drug-likeness (QED) is 0.515. The third-order valence-corrected chi connectivity index (χ3v) is 6.60. The minimum atomic E-state index is -0.744. The Hall–Kier alpha value is -4.27. The van der Waals surface area contributed by atoms with E-state index in [1.54, 1.807) is 19.4 Å². The number of piperidine rings is 1. The van der Waals surface area contributed by atoms with E-state index in [4.69, 9.17) is 9.47 Å². The van der Waals surface area contributed by atoms with Crippen LogP contribution in [0.15, 0.2) is 30.6 Å². The van der Waals surface area contributed by atoms with Crippen molar-refractivity contribution in [3.63, 3.8) is 0 Å². The molecule has 0 unspecified atom stereocenters. The van der Waals surface area contributed by atoms with E-state index in [1.165, 1.54) is 17.9 Å². The molecule has 192 valence electrons. The number of carbonyl (C=O) groups is 1. The largest absolute Gasteiger partial charge is 0.487 e. The van der Waals surface area contributed by atoms with E-state index in [-0.39, 0.29) is 29.1 Å². The number of benzene rings is 1. The molecule has 2 aromatic heterocycles. The van der Waals surface area contributed by atoms with E-state index in [9.17, 15) is 18.8 Å². The predicted octanol–water partition coefficient (Wildman–Crippen LogP) is 3.35. The smallest absolute Gasteiger partial charge is 0.264 e. The summed E-state index contributed by atoms with van der Waals surface area (Å²) in [6.45, 7) is 1.01. The van der Waals surface area contributed by atoms with Crippen LogP contribution in [0.1, 0.15) is 41.7 Å². The number of ether oxygens (including phenoxy) is 2. The Bertz CT molecular complexity index is 1380. The lowest BCUT2D eigenvalue weighted by Crippen LogP contribution is -2.39. The topological polar surface area (TPSA) is 118 Å². The molecule has 1 aromatic carbocycles. The third kappa shape index (κ3) is 4.89. The van der Waals surface area contributed by atoms with Gasteiger partial charge in [0.25, 0.3) is 5.91 Å². The average molecular weight is 510 g/mol. The Labute approximate surface area is 211 Å². The molecule has 37 heavy (non-hydrogen) atoms. The molecule has 0 radical (unpaired) electrons. The van der Waals surface area contributed by atoms with Crippen LogP contribution in [0.25, 0.3) is 0 Å². The predicted molar refractivity (Wildman–Crippen MR) is 128 cm³/mol. The summed E-state index contributed by atoms with van der Waals surface area (Å²) >= 11 is 0. The number of rotatable bonds is 7. The van der Waals surface area contributed by atoms with Crippen LogP contribution in [-0.4, -0.2) is 52.0 Å². The Balaban J connectivity index is 1.36. The first kappa shape index (κ1) is 24.4. The summed E-state index contributed by atoms with van der Waals surface area (Å²) < 4.78 is 39.7. The highest BCUT2D eigenvalue weighted by Gasteiger charge is 2.47. The Morgan fingerprint density at radius 3 is 2.68 bits per heavy atom. The van der Waals surface area contributed by atoms with Gasteiger partial charge < -0.3 is 19.7 Å². The number of anilines is 2. The van der Waals surface area contributed by atoms with Crippen LogP contribution in [0.5, 0.6) is 11.6 Å². The highest BCUT2D eigenvalue weighted by molar-refractivity contribution is 6.06. The number of nitriles is 1. The number of aryl methyl sites for hydroxylation is 1. The van der Waals surface area contributed by atoms with Gasteiger partial charge in [0.15, 0.2) is 23.2 Å². The molecular formula is C25H25F2N7O3. The molecule has 2 fully saturated rings. The Morgan fingerprint density at radius 1 is 1.27 bits per heavy atom. The van der Waals surface area contributed by atoms with E-state index < -0.39 is 23.0 Å². The third-order valence-electron chi connectivity index (χ3n) is 6.60. The summed E-state index contributed by atoms with van der Waals surface area (Å²) in [5.41, 5.74) is 0.0621. The second-order valence-electron chi connectivity index (χ2n) is 9.18. The molecule has 1 saturated carbocycles. The van der Waals surface area contributed by atoms with Gasteiger partial charge in [-0.15, -0.1) is 5.10 Å². The van der Waals surface area contributed by atoms with Crippen LogP contribution >= 0.6 is 0 Å². The molecule has 0 bridgehead atoms. The van der Waals surface area contributed by atoms with Gasteiger partial charge in [0, 0.05) is 45.2 Å². The fourth-order valence-electron chi connectivity index (χ4n) is 4.36. The van der Waals surface area contributed by atoms with Gasteiger partial charge in [-0.25, -0.2) is 18.7 Å². The van der Waals surface area contributed by atoms with Crippen molar-refractivity contribution in [3.8, 4) is 17.7 Å². The standard InChI is InChI=1S/C25H25F2N7O3/c1-33-13-17(24(32-33)36-2)23(35)31-21-22(29-12-20(30-21)25(14-28)7-8-25)34-9-5-16(6-10-34)37-19-4-3-15(26)11-18(19)27/h3-4,11-13,16H,5-10H2,1-2H3,(H,30,31,35). The zero-order chi connectivity index (χ0) is 26.2. The molecule has 1 amide bonds. The van der Waals surface area contributed by atoms with E-state index in [1.807, 2.05) is 4.90 Å². The highest BCUT2D eigenvalue weighted by atomic mass is 19.1. The summed E-state index contributed by atoms with van der Waals surface area (Å²) in [4.78, 5) is 24.3. The minimum Gasteiger partial charge on any atom is -0.487 e. The van der Waals surface area contributed by atoms with E-state index >= 15 is 0 Å². The number of halogens is 2. The number of hydrogen-bond acceptors (Lipinski definition) is 8. The van der Waals surface area contributed by atoms with E-state index in [0.29, 0.717) is 50.3 Å². The van der Waals surface area contributed by atoms with Crippen molar-refractivity contribution in [2.75, 3.05) is 30.4 Å². The van der Waals surface area contributed by atoms with Crippen molar-refractivity contribution in [1.29, 1.82) is 5.26 Å². The molecule has 12 heteroatoms. The summed E-state index contributed by atoms with van der Waals surface area (Å²) in [5.74, 6) is -1.000. The molecule has 1 aliphatic heterocycles. The van der Waals surface area contributed by atoms with Gasteiger partial charge in [0.2, 0.25) is 5.88 Å². The van der Waals surface area contributed by atoms with Crippen LogP contribution in [0, 0.1) is 23.0 Å². The molecule has 5 rings (SSSR count). The number of amides is 1. The number of aromatic nitrogens is 4. The van der Waals surface area contributed by atoms with Crippen molar-refractivity contribution >= 4 is 17.5 Å². The van der Waals surface area contributed by atoms with Gasteiger partial charge in [-0.3, -0.25) is 9.48 Å². The number of nitrogens with zero attached hydrogens (tertiary/aromatic N) is 6. The van der Waals surface area contributed by atoms with Crippen LogP contribution in [0.3, 0.4) is 0 Å². The van der Waals surface area contributed by atoms with Crippen molar-refractivity contribution in [2.45, 2.75) is 37.2 Å². The molecule has 1 aliphatic carbocycles. The normalized spacial score (nSPS) is 16.7. The maximum absolute atomic E-state index is 14.0. The molecule has 0 atom stereocenters. The zero-order valence-corrected chi connectivity index (χ0v) is 20.4. The molecule has 10 nitrogen and oxygen atoms in total. The Morgan fingerprint density at radius 2 is 2.03 bits per heavy atom. The van der Waals surface area contributed by atoms with E-state index in [2.05, 4.69) is 26.5 Å². The molecule has 3 heterocycles. The Kier molecular flexibility index (Phi) is 6.37. The lowest BCUT2D eigenvalue weighted by atomic mass is 10.1. The van der Waals surface area contributed by atoms with Gasteiger partial charge in [0.05, 0.1) is 25.1 Å². The first-order valence-electron chi connectivity index (χ1n) is 11.9. The second-order valence-corrected chi connectivity index (χ2v) is 9.18. The van der Waals surface area contributed by atoms with Gasteiger partial charge in [-0.05, 0) is 25.0 Å². The number of methoxy groups -OCH3 is 1. The first-order chi connectivity index (χ1) is 17.8. The number of hydrogen-bond donors (Lipinski definition) is 1. The second kappa shape index (κ2) is 9.65. The van der Waals surface area contributed by atoms with Crippen LogP contribution < -0.4 is 19.7 Å². The molecule has 3 aromatic rings. The van der Waals surface area contributed by atoms with Gasteiger partial charge in [-0.2, -0.15) is 5.26 Å². The van der Waals surface area contributed by atoms with Gasteiger partial charge in [-0.1, -0.05) is 0 Å². The number of carbonyl (C=O) groups excluding carboxylic acids is 1. The molecular weight excluding hydrogens is 484 g/mol. The average Bonchev–Trinajstić information content (AvgIpc) is 3.60. The van der Waals surface area contributed by atoms with Crippen LogP contribution in [0.2, 0.25) is 0 Å². The van der Waals surface area contributed by atoms with Gasteiger partial charge in [0.1, 0.15) is 22.9 Å². The van der Waals surface area contributed by atoms with Crippen molar-refractivity contribution in [1.82, 2.24) is 19.7 Å². The zero-order valence-electron chi connectivity index (χ0n) is 20.4. The van der Waals surface area contributed by atoms with Crippen LogP contribution in [0.4, 0.5) is 20.4 Å². The lowest BCUT2D eigenvalue weighted by molar-refractivity contribution is 0.102. The maximum atomic E-state index is 14.0. The summed E-state index contributed by atoms with van der Waals surface area (Å²) in [6, 6.07) is 5.54. The lowest BCUT2D eigenvalue weighted by Gasteiger charge is -2.33. The molecule has 1 saturated heterocycles. The highest BCUT2D eigenvalue weighted by Crippen LogP contribution is 2.47. The molecule has 0 spiro atoms. The van der Waals surface area contributed by atoms with Crippen molar-refractivity contribution in [3.05, 3.63) is 53.5 Å². The summed E-state index contributed by atoms with van der Waals surface area (Å²) in [5, 5.41) is 16.6. The van der Waals surface area contributed by atoms with Crippen molar-refractivity contribution in [2.24, 2.45) is 7.05 Å². The SMILES string of the molecule is COc1nn(C)cc1C(=O)Nc1nc(C2(C#N)CC2)cnc1N1CCC(Oc2ccc(F)cc2F)CC1. The fraction of sp³-hybridized carbons (Fsp3) is 0.400. The maximum Gasteiger partial charge on any atom is 0.264 e. The van der Waals surface area contributed by atoms with Gasteiger partial charge >= 0.3 is 0 Å². The first-order valence-corrected chi connectivity index (χ1v) is 11.9. The summed E-state index contributed by atoms with van der Waals surface area (Å²) in [6.07, 6.45) is 5.32. The number of nitrogens with one attached hydrogen (secondary N) is 1. The monoisotopic (exact) mass is 509 g/mol. The molecule has 1 N–H and O–H groups in total. The minimum absolute atomic E-state index is 0.00796. The van der Waals surface area contributed by atoms with E-state index in [0.717, 1.165) is 12.1 Å². The summed E-state index contributed by atoms with van der Waals surface area (Å²) in [7, 11) is 3.11. The molecule has 2 aliphatic rings. The fourth-order valence-corrected chi connectivity index (χ4v) is 4.36. The van der Waals surface area contributed by atoms with Crippen molar-refractivity contribution < 1.29 is 23.0 Å².